The third-order valence-electron chi connectivity index (χ3n) is 4.35. The van der Waals surface area contributed by atoms with E-state index in [1.54, 1.807) is 22.6 Å². The van der Waals surface area contributed by atoms with Crippen molar-refractivity contribution >= 4 is 23.5 Å². The highest BCUT2D eigenvalue weighted by Gasteiger charge is 2.31. The molecular formula is C19H18N4OS. The Labute approximate surface area is 150 Å². The Morgan fingerprint density at radius 1 is 1.16 bits per heavy atom. The number of fused-ring (bicyclic) bond motifs is 1. The van der Waals surface area contributed by atoms with Gasteiger partial charge in [-0.15, -0.1) is 11.8 Å². The van der Waals surface area contributed by atoms with Gasteiger partial charge in [0.1, 0.15) is 5.82 Å². The molecule has 1 amide bonds. The third-order valence-corrected chi connectivity index (χ3v) is 5.60. The molecule has 1 aromatic carbocycles. The number of hydrogen-bond acceptors (Lipinski definition) is 4. The lowest BCUT2D eigenvalue weighted by atomic mass is 10.00. The highest BCUT2D eigenvalue weighted by molar-refractivity contribution is 8.00. The molecule has 25 heavy (non-hydrogen) atoms. The molecule has 6 heteroatoms. The fourth-order valence-corrected chi connectivity index (χ4v) is 4.44. The Hall–Kier alpha value is -2.60. The van der Waals surface area contributed by atoms with Crippen LogP contribution in [0.25, 0.3) is 5.82 Å². The molecule has 0 aliphatic carbocycles. The summed E-state index contributed by atoms with van der Waals surface area (Å²) in [5.74, 6) is 1.82. The van der Waals surface area contributed by atoms with Gasteiger partial charge in [0.15, 0.2) is 5.82 Å². The molecule has 3 heterocycles. The maximum atomic E-state index is 12.3. The molecule has 0 fully saturated rings. The lowest BCUT2D eigenvalue weighted by Crippen LogP contribution is -2.16. The number of carbonyl (C=O) groups excluding carboxylic acids is 1. The van der Waals surface area contributed by atoms with Crippen LogP contribution in [0.4, 0.5) is 5.82 Å². The number of aromatic nitrogens is 3. The van der Waals surface area contributed by atoms with E-state index in [2.05, 4.69) is 34.5 Å². The summed E-state index contributed by atoms with van der Waals surface area (Å²) in [7, 11) is 0. The average molecular weight is 350 g/mol. The number of thioether (sulfide) groups is 1. The number of carbonyl (C=O) groups is 1. The van der Waals surface area contributed by atoms with E-state index < -0.39 is 0 Å². The molecule has 1 atom stereocenters. The molecule has 3 aromatic rings. The van der Waals surface area contributed by atoms with Crippen molar-refractivity contribution in [3.05, 3.63) is 71.0 Å². The molecule has 5 nitrogen and oxygen atoms in total. The van der Waals surface area contributed by atoms with Crippen molar-refractivity contribution < 1.29 is 4.79 Å². The molecule has 0 bridgehead atoms. The fraction of sp³-hybridized carbons (Fsp3) is 0.211. The Kier molecular flexibility index (Phi) is 4.05. The van der Waals surface area contributed by atoms with Crippen LogP contribution in [-0.4, -0.2) is 26.4 Å². The molecular weight excluding hydrogens is 332 g/mol. The minimum atomic E-state index is -0.0144. The van der Waals surface area contributed by atoms with Crippen molar-refractivity contribution in [2.45, 2.75) is 19.1 Å². The van der Waals surface area contributed by atoms with E-state index in [1.165, 1.54) is 11.1 Å². The minimum Gasteiger partial charge on any atom is -0.310 e. The molecule has 0 radical (unpaired) electrons. The van der Waals surface area contributed by atoms with Crippen LogP contribution < -0.4 is 5.32 Å². The van der Waals surface area contributed by atoms with Gasteiger partial charge in [0.05, 0.1) is 16.7 Å². The molecule has 0 saturated heterocycles. The number of aryl methyl sites for hydroxylation is 2. The van der Waals surface area contributed by atoms with Crippen LogP contribution >= 0.6 is 11.8 Å². The van der Waals surface area contributed by atoms with Crippen molar-refractivity contribution in [1.29, 1.82) is 0 Å². The van der Waals surface area contributed by atoms with Gasteiger partial charge >= 0.3 is 0 Å². The van der Waals surface area contributed by atoms with Gasteiger partial charge in [-0.2, -0.15) is 9.78 Å². The molecule has 0 spiro atoms. The second kappa shape index (κ2) is 6.37. The maximum Gasteiger partial charge on any atom is 0.235 e. The van der Waals surface area contributed by atoms with Crippen molar-refractivity contribution in [3.63, 3.8) is 0 Å². The number of nitrogens with zero attached hydrogens (tertiary/aromatic N) is 3. The average Bonchev–Trinajstić information content (AvgIpc) is 2.83. The van der Waals surface area contributed by atoms with E-state index in [1.807, 2.05) is 37.3 Å². The summed E-state index contributed by atoms with van der Waals surface area (Å²) in [6, 6.07) is 14.0. The summed E-state index contributed by atoms with van der Waals surface area (Å²) < 4.78 is 1.74. The van der Waals surface area contributed by atoms with Crippen molar-refractivity contribution in [1.82, 2.24) is 14.8 Å². The van der Waals surface area contributed by atoms with Crippen LogP contribution in [0.1, 0.15) is 27.6 Å². The largest absolute Gasteiger partial charge is 0.310 e. The van der Waals surface area contributed by atoms with E-state index >= 15 is 0 Å². The van der Waals surface area contributed by atoms with Crippen molar-refractivity contribution in [2.24, 2.45) is 0 Å². The smallest absolute Gasteiger partial charge is 0.235 e. The van der Waals surface area contributed by atoms with Gasteiger partial charge in [-0.1, -0.05) is 30.3 Å². The first-order chi connectivity index (χ1) is 12.1. The summed E-state index contributed by atoms with van der Waals surface area (Å²) >= 11 is 1.64. The summed E-state index contributed by atoms with van der Waals surface area (Å²) in [5.41, 5.74) is 4.39. The van der Waals surface area contributed by atoms with Crippen molar-refractivity contribution in [2.75, 3.05) is 11.1 Å². The molecule has 4 rings (SSSR count). The first-order valence-electron chi connectivity index (χ1n) is 8.13. The highest BCUT2D eigenvalue weighted by Crippen LogP contribution is 2.44. The number of amides is 1. The Morgan fingerprint density at radius 3 is 2.72 bits per heavy atom. The molecule has 1 aliphatic heterocycles. The summed E-state index contributed by atoms with van der Waals surface area (Å²) in [4.78, 5) is 16.7. The van der Waals surface area contributed by atoms with Crippen molar-refractivity contribution in [3.8, 4) is 5.82 Å². The maximum absolute atomic E-state index is 12.3. The number of anilines is 1. The number of nitrogens with one attached hydrogen (secondary N) is 1. The quantitative estimate of drug-likeness (QED) is 0.766. The van der Waals surface area contributed by atoms with Gasteiger partial charge in [0.2, 0.25) is 5.91 Å². The van der Waals surface area contributed by atoms with Gasteiger partial charge in [0.25, 0.3) is 0 Å². The first-order valence-corrected chi connectivity index (χ1v) is 9.18. The van der Waals surface area contributed by atoms with E-state index in [0.717, 1.165) is 17.1 Å². The molecule has 126 valence electrons. The monoisotopic (exact) mass is 350 g/mol. The zero-order chi connectivity index (χ0) is 17.4. The van der Waals surface area contributed by atoms with Crippen LogP contribution in [0, 0.1) is 13.8 Å². The van der Waals surface area contributed by atoms with Crippen LogP contribution in [0.15, 0.2) is 48.7 Å². The minimum absolute atomic E-state index is 0.0144. The molecule has 1 N–H and O–H groups in total. The third kappa shape index (κ3) is 2.82. The number of benzene rings is 1. The predicted octanol–water partition coefficient (Wildman–Crippen LogP) is 3.66. The van der Waals surface area contributed by atoms with Gasteiger partial charge in [-0.05, 0) is 37.1 Å². The summed E-state index contributed by atoms with van der Waals surface area (Å²) in [6.07, 6.45) is 1.73. The van der Waals surface area contributed by atoms with Crippen LogP contribution in [0.5, 0.6) is 0 Å². The first kappa shape index (κ1) is 15.9. The highest BCUT2D eigenvalue weighted by atomic mass is 32.2. The van der Waals surface area contributed by atoms with E-state index in [4.69, 9.17) is 0 Å². The van der Waals surface area contributed by atoms with E-state index in [0.29, 0.717) is 11.6 Å². The second-order valence-corrected chi connectivity index (χ2v) is 7.14. The van der Waals surface area contributed by atoms with Gasteiger partial charge in [-0.3, -0.25) is 4.79 Å². The normalized spacial score (nSPS) is 16.9. The van der Waals surface area contributed by atoms with Gasteiger partial charge in [-0.25, -0.2) is 4.98 Å². The Balaban J connectivity index is 1.92. The van der Waals surface area contributed by atoms with Crippen LogP contribution in [0.2, 0.25) is 0 Å². The van der Waals surface area contributed by atoms with Crippen LogP contribution in [-0.2, 0) is 4.79 Å². The van der Waals surface area contributed by atoms with E-state index in [-0.39, 0.29) is 11.2 Å². The summed E-state index contributed by atoms with van der Waals surface area (Å²) in [5, 5.41) is 7.76. The molecule has 0 saturated carbocycles. The Bertz CT molecular complexity index is 936. The van der Waals surface area contributed by atoms with Gasteiger partial charge in [0, 0.05) is 11.8 Å². The number of hydrogen-bond donors (Lipinski definition) is 1. The standard InChI is InChI=1S/C19H18N4OS/c1-12-7-3-4-8-14(12)18-17-13(2)22-23(15-9-5-6-10-20-15)19(17)21-16(24)11-25-18/h3-10,18H,11H2,1-2H3,(H,21,24). The zero-order valence-corrected chi connectivity index (χ0v) is 14.9. The number of pyridine rings is 1. The van der Waals surface area contributed by atoms with Crippen LogP contribution in [0.3, 0.4) is 0 Å². The van der Waals surface area contributed by atoms with Gasteiger partial charge < -0.3 is 5.32 Å². The second-order valence-electron chi connectivity index (χ2n) is 6.04. The molecule has 1 unspecified atom stereocenters. The summed E-state index contributed by atoms with van der Waals surface area (Å²) in [6.45, 7) is 4.09. The topological polar surface area (TPSA) is 59.8 Å². The molecule has 1 aliphatic rings. The lowest BCUT2D eigenvalue weighted by Gasteiger charge is -2.17. The Morgan fingerprint density at radius 2 is 1.96 bits per heavy atom. The SMILES string of the molecule is Cc1ccccc1C1SCC(=O)Nc2c1c(C)nn2-c1ccccn1. The number of rotatable bonds is 2. The lowest BCUT2D eigenvalue weighted by molar-refractivity contribution is -0.113. The fourth-order valence-electron chi connectivity index (χ4n) is 3.16. The van der Waals surface area contributed by atoms with E-state index in [9.17, 15) is 4.79 Å². The zero-order valence-electron chi connectivity index (χ0n) is 14.1. The predicted molar refractivity (Wildman–Crippen MR) is 100 cm³/mol. The molecule has 2 aromatic heterocycles.